The van der Waals surface area contributed by atoms with E-state index in [1.807, 2.05) is 30.3 Å². The van der Waals surface area contributed by atoms with Crippen molar-refractivity contribution in [3.63, 3.8) is 0 Å². The van der Waals surface area contributed by atoms with Crippen molar-refractivity contribution in [3.8, 4) is 22.3 Å². The first kappa shape index (κ1) is 28.8. The molecule has 0 bridgehead atoms. The fourth-order valence-electron chi connectivity index (χ4n) is 7.93. The molecule has 3 aromatic heterocycles. The molecule has 0 amide bonds. The number of nitrogens with zero attached hydrogens (tertiary/aromatic N) is 1. The second kappa shape index (κ2) is 11.2. The van der Waals surface area contributed by atoms with Crippen LogP contribution in [0.3, 0.4) is 0 Å². The zero-order valence-electron chi connectivity index (χ0n) is 27.9. The molecule has 244 valence electrons. The summed E-state index contributed by atoms with van der Waals surface area (Å²) in [6.45, 7) is 0. The molecule has 52 heavy (non-hydrogen) atoms. The van der Waals surface area contributed by atoms with Crippen LogP contribution in [0.25, 0.3) is 88.1 Å². The maximum Gasteiger partial charge on any atom is 0.143 e. The molecule has 0 fully saturated rings. The third kappa shape index (κ3) is 4.34. The molecule has 11 rings (SSSR count). The lowest BCUT2D eigenvalue weighted by Gasteiger charge is -2.25. The monoisotopic (exact) mass is 667 g/mol. The lowest BCUT2D eigenvalue weighted by Crippen LogP contribution is -2.09. The fourth-order valence-corrected chi connectivity index (χ4v) is 7.93. The lowest BCUT2D eigenvalue weighted by molar-refractivity contribution is 0.668. The topological polar surface area (TPSA) is 42.7 Å². The summed E-state index contributed by atoms with van der Waals surface area (Å²) in [6.07, 6.45) is 0. The quantitative estimate of drug-likeness (QED) is 0.183. The molecule has 3 heterocycles. The Morgan fingerprint density at radius 1 is 0.308 bits per heavy atom. The van der Waals surface area contributed by atoms with E-state index < -0.39 is 0 Å². The molecule has 11 aromatic rings. The van der Waals surface area contributed by atoms with Crippen LogP contribution in [-0.4, -0.2) is 0 Å². The van der Waals surface area contributed by atoms with Crippen molar-refractivity contribution in [3.05, 3.63) is 176 Å². The van der Waals surface area contributed by atoms with Gasteiger partial charge in [0, 0.05) is 66.6 Å². The van der Waals surface area contributed by atoms with Gasteiger partial charge in [-0.05, 0) is 71.8 Å². The van der Waals surface area contributed by atoms with Crippen LogP contribution in [0.15, 0.2) is 189 Å². The van der Waals surface area contributed by atoms with Gasteiger partial charge in [0.25, 0.3) is 0 Å². The van der Waals surface area contributed by atoms with Crippen LogP contribution in [-0.2, 0) is 0 Å². The van der Waals surface area contributed by atoms with E-state index in [1.54, 1.807) is 0 Å². The van der Waals surface area contributed by atoms with Gasteiger partial charge >= 0.3 is 0 Å². The molecule has 4 heteroatoms. The van der Waals surface area contributed by atoms with Gasteiger partial charge in [-0.2, -0.15) is 0 Å². The number of para-hydroxylation sites is 5. The highest BCUT2D eigenvalue weighted by Gasteiger charge is 2.20. The Balaban J connectivity index is 1.08. The summed E-state index contributed by atoms with van der Waals surface area (Å²) in [5, 5.41) is 6.50. The molecule has 0 unspecified atom stereocenters. The average molecular weight is 668 g/mol. The summed E-state index contributed by atoms with van der Waals surface area (Å²) in [4.78, 5) is 2.26. The highest BCUT2D eigenvalue weighted by molar-refractivity contribution is 6.18. The van der Waals surface area contributed by atoms with Crippen molar-refractivity contribution >= 4 is 82.9 Å². The van der Waals surface area contributed by atoms with Gasteiger partial charge in [-0.25, -0.2) is 0 Å². The molecule has 0 aliphatic rings. The standard InChI is InChI=1S/C48H29NO3/c1-3-12-31(13-4-1)49(32-14-5-2-6-15-32)33-25-26-36-39-19-9-17-34(47(39)52-45(36)29-33)30-24-27-43-41(28-30)46-37(18-11-23-44(46)50-43)40-21-10-20-38-35-16-7-8-22-42(35)51-48(38)40/h1-29H. The molecule has 0 atom stereocenters. The van der Waals surface area contributed by atoms with E-state index in [1.165, 1.54) is 0 Å². The summed E-state index contributed by atoms with van der Waals surface area (Å²) < 4.78 is 19.7. The first-order chi connectivity index (χ1) is 25.8. The van der Waals surface area contributed by atoms with E-state index in [-0.39, 0.29) is 0 Å². The van der Waals surface area contributed by atoms with Crippen molar-refractivity contribution < 1.29 is 13.3 Å². The van der Waals surface area contributed by atoms with E-state index in [0.29, 0.717) is 0 Å². The van der Waals surface area contributed by atoms with Gasteiger partial charge in [0.05, 0.1) is 0 Å². The first-order valence-electron chi connectivity index (χ1n) is 17.5. The van der Waals surface area contributed by atoms with E-state index in [2.05, 4.69) is 150 Å². The summed E-state index contributed by atoms with van der Waals surface area (Å²) in [7, 11) is 0. The van der Waals surface area contributed by atoms with Crippen molar-refractivity contribution in [1.29, 1.82) is 0 Å². The molecule has 0 saturated carbocycles. The average Bonchev–Trinajstić information content (AvgIpc) is 3.89. The minimum Gasteiger partial charge on any atom is -0.456 e. The third-order valence-electron chi connectivity index (χ3n) is 10.3. The Bertz CT molecular complexity index is 3090. The molecule has 0 saturated heterocycles. The Kier molecular flexibility index (Phi) is 6.22. The number of furan rings is 3. The van der Waals surface area contributed by atoms with Crippen LogP contribution in [0.2, 0.25) is 0 Å². The van der Waals surface area contributed by atoms with Crippen molar-refractivity contribution in [1.82, 2.24) is 0 Å². The van der Waals surface area contributed by atoms with E-state index in [0.717, 1.165) is 105 Å². The van der Waals surface area contributed by atoms with Crippen LogP contribution >= 0.6 is 0 Å². The molecule has 0 N–H and O–H groups in total. The minimum atomic E-state index is 0.839. The van der Waals surface area contributed by atoms with Gasteiger partial charge in [-0.1, -0.05) is 109 Å². The molecular formula is C48H29NO3. The number of rotatable bonds is 5. The minimum absolute atomic E-state index is 0.839. The van der Waals surface area contributed by atoms with Crippen molar-refractivity contribution in [2.24, 2.45) is 0 Å². The normalized spacial score (nSPS) is 11.8. The Morgan fingerprint density at radius 2 is 0.885 bits per heavy atom. The molecular weight excluding hydrogens is 639 g/mol. The van der Waals surface area contributed by atoms with Crippen LogP contribution in [0, 0.1) is 0 Å². The second-order valence-electron chi connectivity index (χ2n) is 13.2. The van der Waals surface area contributed by atoms with E-state index >= 15 is 0 Å². The zero-order chi connectivity index (χ0) is 34.2. The van der Waals surface area contributed by atoms with Crippen LogP contribution < -0.4 is 4.90 Å². The predicted octanol–water partition coefficient (Wildman–Crippen LogP) is 14.2. The number of anilines is 3. The molecule has 0 aliphatic carbocycles. The van der Waals surface area contributed by atoms with E-state index in [9.17, 15) is 0 Å². The Labute approximate surface area is 298 Å². The van der Waals surface area contributed by atoms with Gasteiger partial charge in [-0.3, -0.25) is 0 Å². The number of fused-ring (bicyclic) bond motifs is 9. The predicted molar refractivity (Wildman–Crippen MR) is 214 cm³/mol. The summed E-state index contributed by atoms with van der Waals surface area (Å²) in [5.41, 5.74) is 12.6. The van der Waals surface area contributed by atoms with Crippen LogP contribution in [0.4, 0.5) is 17.1 Å². The van der Waals surface area contributed by atoms with Crippen LogP contribution in [0.1, 0.15) is 0 Å². The van der Waals surface area contributed by atoms with Gasteiger partial charge in [-0.15, -0.1) is 0 Å². The van der Waals surface area contributed by atoms with Gasteiger partial charge < -0.3 is 18.2 Å². The van der Waals surface area contributed by atoms with Gasteiger partial charge in [0.2, 0.25) is 0 Å². The van der Waals surface area contributed by atoms with Gasteiger partial charge in [0.15, 0.2) is 0 Å². The molecule has 0 spiro atoms. The number of hydrogen-bond acceptors (Lipinski definition) is 4. The van der Waals surface area contributed by atoms with E-state index in [4.69, 9.17) is 13.3 Å². The summed E-state index contributed by atoms with van der Waals surface area (Å²) in [5.74, 6) is 0. The SMILES string of the molecule is c1ccc(N(c2ccccc2)c2ccc3c(c2)oc2c(-c4ccc5oc6cccc(-c7cccc8c7oc7ccccc78)c6c5c4)cccc23)cc1. The zero-order valence-corrected chi connectivity index (χ0v) is 27.9. The molecule has 4 nitrogen and oxygen atoms in total. The fraction of sp³-hybridized carbons (Fsp3) is 0. The summed E-state index contributed by atoms with van der Waals surface area (Å²) in [6, 6.07) is 61.1. The number of hydrogen-bond donors (Lipinski definition) is 0. The Morgan fingerprint density at radius 3 is 1.67 bits per heavy atom. The molecule has 0 aliphatic heterocycles. The lowest BCUT2D eigenvalue weighted by atomic mass is 9.96. The first-order valence-corrected chi connectivity index (χ1v) is 17.5. The third-order valence-corrected chi connectivity index (χ3v) is 10.3. The van der Waals surface area contributed by atoms with Gasteiger partial charge in [0.1, 0.15) is 33.5 Å². The largest absolute Gasteiger partial charge is 0.456 e. The van der Waals surface area contributed by atoms with Crippen molar-refractivity contribution in [2.75, 3.05) is 4.90 Å². The molecule has 0 radical (unpaired) electrons. The maximum atomic E-state index is 6.79. The smallest absolute Gasteiger partial charge is 0.143 e. The highest BCUT2D eigenvalue weighted by atomic mass is 16.3. The Hall–Kier alpha value is -7.04. The highest BCUT2D eigenvalue weighted by Crippen LogP contribution is 2.44. The summed E-state index contributed by atoms with van der Waals surface area (Å²) >= 11 is 0. The number of benzene rings is 8. The molecule has 8 aromatic carbocycles. The van der Waals surface area contributed by atoms with Crippen LogP contribution in [0.5, 0.6) is 0 Å². The maximum absolute atomic E-state index is 6.79. The van der Waals surface area contributed by atoms with Crippen molar-refractivity contribution in [2.45, 2.75) is 0 Å². The second-order valence-corrected chi connectivity index (χ2v) is 13.2.